The molecule has 1 aromatic heterocycles. The number of hydrogen-bond acceptors (Lipinski definition) is 5. The summed E-state index contributed by atoms with van der Waals surface area (Å²) in [6, 6.07) is 27.5. The van der Waals surface area contributed by atoms with Gasteiger partial charge in [0, 0.05) is 68.1 Å². The Morgan fingerprint density at radius 1 is 0.651 bits per heavy atom. The Kier molecular flexibility index (Phi) is 9.73. The van der Waals surface area contributed by atoms with E-state index in [2.05, 4.69) is 92.5 Å². The Labute approximate surface area is 262 Å². The van der Waals surface area contributed by atoms with Crippen LogP contribution in [0.1, 0.15) is 62.5 Å². The Morgan fingerprint density at radius 3 is 2.02 bits per heavy atom. The number of rotatable bonds is 6. The van der Waals surface area contributed by atoms with Gasteiger partial charge in [0.1, 0.15) is 0 Å². The fourth-order valence-corrected chi connectivity index (χ4v) is 9.40. The largest absolute Gasteiger partial charge is 0.311 e. The third kappa shape index (κ3) is 7.02. The molecule has 43 heavy (non-hydrogen) atoms. The molecule has 4 atom stereocenters. The molecule has 2 aliphatic carbocycles. The van der Waals surface area contributed by atoms with Gasteiger partial charge in [0.05, 0.1) is 0 Å². The average Bonchev–Trinajstić information content (AvgIpc) is 3.49. The van der Waals surface area contributed by atoms with E-state index in [0.717, 1.165) is 24.2 Å². The molecule has 4 aromatic rings. The summed E-state index contributed by atoms with van der Waals surface area (Å²) in [4.78, 5) is 5.50. The molecular weight excluding hydrogens is 545 g/mol. The summed E-state index contributed by atoms with van der Waals surface area (Å²) in [5.74, 6) is 0. The fraction of sp³-hybridized carbons (Fsp3) is 0.526. The first-order chi connectivity index (χ1) is 21.3. The topological polar surface area (TPSA) is 30.5 Å². The molecule has 0 radical (unpaired) electrons. The second-order valence-corrected chi connectivity index (χ2v) is 14.2. The number of nitrogens with zero attached hydrogens (tertiary/aromatic N) is 2. The van der Waals surface area contributed by atoms with Crippen molar-refractivity contribution in [3.05, 3.63) is 83.2 Å². The van der Waals surface area contributed by atoms with Gasteiger partial charge in [-0.05, 0) is 77.3 Å². The van der Waals surface area contributed by atoms with Crippen molar-refractivity contribution < 1.29 is 0 Å². The van der Waals surface area contributed by atoms with E-state index in [1.165, 1.54) is 130 Å². The number of fused-ring (bicyclic) bond motifs is 4. The van der Waals surface area contributed by atoms with Crippen molar-refractivity contribution in [1.82, 2.24) is 20.4 Å². The van der Waals surface area contributed by atoms with Gasteiger partial charge in [-0.1, -0.05) is 86.3 Å². The number of hydrogen-bond donors (Lipinski definition) is 2. The van der Waals surface area contributed by atoms with Crippen LogP contribution < -0.4 is 10.6 Å². The molecule has 0 amide bonds. The SMILES string of the molecule is c1ccc2c(CCN3CCNC4CCCCC43)csc2c1.c1ccc2cc(CCN3CCNC4CCCCC43)ccc2c1. The second kappa shape index (κ2) is 14.2. The Morgan fingerprint density at radius 2 is 1.28 bits per heavy atom. The summed E-state index contributed by atoms with van der Waals surface area (Å²) in [7, 11) is 0. The van der Waals surface area contributed by atoms with Gasteiger partial charge >= 0.3 is 0 Å². The molecule has 4 nitrogen and oxygen atoms in total. The monoisotopic (exact) mass is 594 g/mol. The van der Waals surface area contributed by atoms with Crippen LogP contribution in [0.3, 0.4) is 0 Å². The highest BCUT2D eigenvalue weighted by Gasteiger charge is 2.33. The Bertz CT molecular complexity index is 1460. The molecule has 4 unspecified atom stereocenters. The summed E-state index contributed by atoms with van der Waals surface area (Å²) in [6.07, 6.45) is 13.6. The van der Waals surface area contributed by atoms with Gasteiger partial charge in [0.25, 0.3) is 0 Å². The zero-order valence-corrected chi connectivity index (χ0v) is 26.7. The van der Waals surface area contributed by atoms with E-state index in [1.54, 1.807) is 5.56 Å². The molecule has 0 spiro atoms. The van der Waals surface area contributed by atoms with Crippen LogP contribution in [0, 0.1) is 0 Å². The van der Waals surface area contributed by atoms with Crippen LogP contribution >= 0.6 is 11.3 Å². The highest BCUT2D eigenvalue weighted by Crippen LogP contribution is 2.29. The minimum Gasteiger partial charge on any atom is -0.311 e. The number of benzene rings is 3. The van der Waals surface area contributed by atoms with Crippen LogP contribution in [0.5, 0.6) is 0 Å². The summed E-state index contributed by atoms with van der Waals surface area (Å²) in [5, 5.41) is 14.0. The molecule has 2 saturated heterocycles. The van der Waals surface area contributed by atoms with Crippen molar-refractivity contribution in [2.45, 2.75) is 88.4 Å². The van der Waals surface area contributed by atoms with Crippen molar-refractivity contribution in [3.8, 4) is 0 Å². The quantitative estimate of drug-likeness (QED) is 0.246. The molecule has 228 valence electrons. The molecule has 0 bridgehead atoms. The maximum absolute atomic E-state index is 3.73. The lowest BCUT2D eigenvalue weighted by Crippen LogP contribution is -2.59. The van der Waals surface area contributed by atoms with E-state index < -0.39 is 0 Å². The maximum Gasteiger partial charge on any atom is 0.0345 e. The lowest BCUT2D eigenvalue weighted by molar-refractivity contribution is 0.0893. The molecule has 2 aliphatic heterocycles. The van der Waals surface area contributed by atoms with Crippen LogP contribution in [0.15, 0.2) is 72.1 Å². The molecule has 3 heterocycles. The van der Waals surface area contributed by atoms with Crippen molar-refractivity contribution >= 4 is 32.2 Å². The Hall–Kier alpha value is -2.28. The van der Waals surface area contributed by atoms with Crippen LogP contribution in [-0.4, -0.2) is 73.2 Å². The highest BCUT2D eigenvalue weighted by molar-refractivity contribution is 7.17. The third-order valence-corrected chi connectivity index (χ3v) is 11.8. The van der Waals surface area contributed by atoms with Gasteiger partial charge in [-0.15, -0.1) is 11.3 Å². The van der Waals surface area contributed by atoms with E-state index in [9.17, 15) is 0 Å². The first kappa shape index (κ1) is 29.4. The molecule has 2 saturated carbocycles. The molecule has 8 rings (SSSR count). The predicted molar refractivity (Wildman–Crippen MR) is 184 cm³/mol. The minimum absolute atomic E-state index is 0.749. The van der Waals surface area contributed by atoms with Crippen molar-refractivity contribution in [2.75, 3.05) is 39.3 Å². The van der Waals surface area contributed by atoms with Gasteiger partial charge in [-0.2, -0.15) is 0 Å². The molecule has 2 N–H and O–H groups in total. The number of piperazine rings is 2. The third-order valence-electron chi connectivity index (χ3n) is 10.7. The van der Waals surface area contributed by atoms with E-state index in [4.69, 9.17) is 0 Å². The van der Waals surface area contributed by atoms with E-state index in [0.29, 0.717) is 0 Å². The average molecular weight is 595 g/mol. The van der Waals surface area contributed by atoms with Gasteiger partial charge in [-0.25, -0.2) is 0 Å². The second-order valence-electron chi connectivity index (χ2n) is 13.3. The first-order valence-electron chi connectivity index (χ1n) is 17.2. The van der Waals surface area contributed by atoms with Gasteiger partial charge < -0.3 is 10.6 Å². The molecule has 3 aromatic carbocycles. The maximum atomic E-state index is 3.73. The van der Waals surface area contributed by atoms with E-state index in [1.807, 2.05) is 11.3 Å². The van der Waals surface area contributed by atoms with Crippen LogP contribution in [-0.2, 0) is 12.8 Å². The fourth-order valence-electron chi connectivity index (χ4n) is 8.40. The van der Waals surface area contributed by atoms with Crippen LogP contribution in [0.2, 0.25) is 0 Å². The lowest BCUT2D eigenvalue weighted by Gasteiger charge is -2.44. The van der Waals surface area contributed by atoms with Crippen molar-refractivity contribution in [1.29, 1.82) is 0 Å². The van der Waals surface area contributed by atoms with E-state index >= 15 is 0 Å². The number of nitrogens with one attached hydrogen (secondary N) is 2. The van der Waals surface area contributed by atoms with Crippen LogP contribution in [0.25, 0.3) is 20.9 Å². The lowest BCUT2D eigenvalue weighted by atomic mass is 9.87. The standard InChI is InChI=1S/C20H26N2.C18H24N2S/c1-2-6-18-15-16(9-10-17(18)5-1)11-13-22-14-12-21-19-7-3-4-8-20(19)22;1-4-8-18-15(5-1)14(13-21-18)9-11-20-12-10-19-16-6-2-3-7-17(16)20/h1-2,5-6,9-10,15,19-21H,3-4,7-8,11-14H2;1,4-5,8,13,16-17,19H,2-3,6-7,9-12H2. The van der Waals surface area contributed by atoms with Crippen molar-refractivity contribution in [3.63, 3.8) is 0 Å². The smallest absolute Gasteiger partial charge is 0.0345 e. The minimum atomic E-state index is 0.749. The summed E-state index contributed by atoms with van der Waals surface area (Å²) >= 11 is 1.89. The van der Waals surface area contributed by atoms with Crippen molar-refractivity contribution in [2.24, 2.45) is 0 Å². The molecule has 4 fully saturated rings. The Balaban J connectivity index is 0.000000140. The highest BCUT2D eigenvalue weighted by atomic mass is 32.1. The number of thiophene rings is 1. The summed E-state index contributed by atoms with van der Waals surface area (Å²) in [6.45, 7) is 7.22. The van der Waals surface area contributed by atoms with Gasteiger partial charge in [0.15, 0.2) is 0 Å². The van der Waals surface area contributed by atoms with Gasteiger partial charge in [-0.3, -0.25) is 9.80 Å². The molecular formula is C38H50N4S. The summed E-state index contributed by atoms with van der Waals surface area (Å²) < 4.78 is 1.43. The zero-order valence-electron chi connectivity index (χ0n) is 25.9. The van der Waals surface area contributed by atoms with Crippen LogP contribution in [0.4, 0.5) is 0 Å². The van der Waals surface area contributed by atoms with Gasteiger partial charge in [0.2, 0.25) is 0 Å². The molecule has 4 aliphatic rings. The normalized spacial score (nSPS) is 26.4. The predicted octanol–water partition coefficient (Wildman–Crippen LogP) is 7.26. The molecule has 5 heteroatoms. The summed E-state index contributed by atoms with van der Waals surface area (Å²) in [5.41, 5.74) is 3.02. The first-order valence-corrected chi connectivity index (χ1v) is 18.1. The van der Waals surface area contributed by atoms with E-state index in [-0.39, 0.29) is 0 Å². The zero-order chi connectivity index (χ0) is 28.8.